The van der Waals surface area contributed by atoms with Gasteiger partial charge in [0.1, 0.15) is 23.6 Å². The molecule has 10 nitrogen and oxygen atoms in total. The summed E-state index contributed by atoms with van der Waals surface area (Å²) in [6.07, 6.45) is 0.794. The van der Waals surface area contributed by atoms with Gasteiger partial charge in [0.05, 0.1) is 11.5 Å². The van der Waals surface area contributed by atoms with Crippen molar-refractivity contribution in [3.05, 3.63) is 27.9 Å². The smallest absolute Gasteiger partial charge is 0.342 e. The van der Waals surface area contributed by atoms with Crippen LogP contribution in [0.2, 0.25) is 0 Å². The van der Waals surface area contributed by atoms with Crippen LogP contribution in [0.3, 0.4) is 0 Å². The van der Waals surface area contributed by atoms with E-state index in [0.29, 0.717) is 0 Å². The van der Waals surface area contributed by atoms with Crippen LogP contribution in [0, 0.1) is 10.1 Å². The first-order chi connectivity index (χ1) is 9.81. The van der Waals surface area contributed by atoms with E-state index in [-0.39, 0.29) is 12.4 Å². The predicted octanol–water partition coefficient (Wildman–Crippen LogP) is -0.461. The minimum Gasteiger partial charge on any atom is -0.477 e. The Hall–Kier alpha value is -3.04. The van der Waals surface area contributed by atoms with Crippen LogP contribution in [0.15, 0.2) is 12.3 Å². The van der Waals surface area contributed by atoms with E-state index >= 15 is 0 Å². The lowest BCUT2D eigenvalue weighted by Gasteiger charge is -2.32. The Morgan fingerprint density at radius 3 is 2.81 bits per heavy atom. The minimum atomic E-state index is -1.49. The molecular formula is C11H10N4O6. The largest absolute Gasteiger partial charge is 0.477 e. The number of hydrogen-bond donors (Lipinski definition) is 2. The van der Waals surface area contributed by atoms with Gasteiger partial charge in [-0.2, -0.15) is 0 Å². The lowest BCUT2D eigenvalue weighted by Crippen LogP contribution is -2.57. The van der Waals surface area contributed by atoms with Gasteiger partial charge in [-0.05, 0) is 6.92 Å². The summed E-state index contributed by atoms with van der Waals surface area (Å²) >= 11 is 0. The third kappa shape index (κ3) is 2.63. The molecule has 1 unspecified atom stereocenters. The van der Waals surface area contributed by atoms with Crippen LogP contribution >= 0.6 is 0 Å². The number of nitro groups is 1. The maximum absolute atomic E-state index is 11.6. The van der Waals surface area contributed by atoms with Crippen molar-refractivity contribution in [2.75, 3.05) is 11.4 Å². The molecule has 1 fully saturated rings. The number of aromatic carboxylic acids is 1. The number of carbonyl (C=O) groups excluding carboxylic acids is 2. The zero-order chi connectivity index (χ0) is 15.7. The number of pyridine rings is 1. The second-order valence-corrected chi connectivity index (χ2v) is 4.34. The lowest BCUT2D eigenvalue weighted by atomic mass is 10.1. The molecule has 2 rings (SSSR count). The molecule has 0 radical (unpaired) electrons. The number of imide groups is 1. The van der Waals surface area contributed by atoms with Crippen molar-refractivity contribution in [2.24, 2.45) is 0 Å². The van der Waals surface area contributed by atoms with E-state index in [1.807, 2.05) is 0 Å². The number of piperazine rings is 1. The van der Waals surface area contributed by atoms with Crippen LogP contribution in [0.4, 0.5) is 11.5 Å². The summed E-state index contributed by atoms with van der Waals surface area (Å²) in [5.74, 6) is -2.60. The Morgan fingerprint density at radius 1 is 1.57 bits per heavy atom. The molecule has 1 atom stereocenters. The standard InChI is InChI=1S/C11H10N4O6/c1-5-10(17)13-9(16)4-14(5)8-2-6(11(18)19)7(3-12-8)15(20)21/h2-3,5H,4H2,1H3,(H,18,19)(H,13,16,17). The Morgan fingerprint density at radius 2 is 2.24 bits per heavy atom. The highest BCUT2D eigenvalue weighted by atomic mass is 16.6. The molecule has 1 aromatic rings. The lowest BCUT2D eigenvalue weighted by molar-refractivity contribution is -0.385. The van der Waals surface area contributed by atoms with Crippen molar-refractivity contribution in [1.82, 2.24) is 10.3 Å². The predicted molar refractivity (Wildman–Crippen MR) is 67.8 cm³/mol. The zero-order valence-electron chi connectivity index (χ0n) is 10.8. The Kier molecular flexibility index (Phi) is 3.52. The number of hydrogen-bond acceptors (Lipinski definition) is 7. The second kappa shape index (κ2) is 5.15. The number of aromatic nitrogens is 1. The Bertz CT molecular complexity index is 658. The maximum Gasteiger partial charge on any atom is 0.342 e. The number of amides is 2. The first-order valence-electron chi connectivity index (χ1n) is 5.79. The molecule has 2 heterocycles. The summed E-state index contributed by atoms with van der Waals surface area (Å²) in [4.78, 5) is 48.9. The van der Waals surface area contributed by atoms with Gasteiger partial charge in [0.15, 0.2) is 0 Å². The summed E-state index contributed by atoms with van der Waals surface area (Å²) in [6.45, 7) is 1.31. The molecule has 110 valence electrons. The fourth-order valence-electron chi connectivity index (χ4n) is 1.90. The van der Waals surface area contributed by atoms with Gasteiger partial charge < -0.3 is 10.0 Å². The molecular weight excluding hydrogens is 284 g/mol. The first kappa shape index (κ1) is 14.4. The average Bonchev–Trinajstić information content (AvgIpc) is 2.42. The average molecular weight is 294 g/mol. The molecule has 2 amide bonds. The molecule has 0 aliphatic carbocycles. The zero-order valence-corrected chi connectivity index (χ0v) is 10.8. The van der Waals surface area contributed by atoms with Crippen molar-refractivity contribution in [3.63, 3.8) is 0 Å². The van der Waals surface area contributed by atoms with E-state index in [4.69, 9.17) is 5.11 Å². The van der Waals surface area contributed by atoms with E-state index in [0.717, 1.165) is 12.3 Å². The molecule has 1 saturated heterocycles. The second-order valence-electron chi connectivity index (χ2n) is 4.34. The number of anilines is 1. The third-order valence-corrected chi connectivity index (χ3v) is 3.01. The van der Waals surface area contributed by atoms with Crippen molar-refractivity contribution in [3.8, 4) is 0 Å². The molecule has 1 aliphatic rings. The Labute approximate surface area is 117 Å². The van der Waals surface area contributed by atoms with Crippen molar-refractivity contribution >= 4 is 29.3 Å². The highest BCUT2D eigenvalue weighted by molar-refractivity contribution is 6.04. The summed E-state index contributed by atoms with van der Waals surface area (Å²) < 4.78 is 0. The quantitative estimate of drug-likeness (QED) is 0.433. The number of carboxylic acids is 1. The van der Waals surface area contributed by atoms with E-state index in [1.165, 1.54) is 11.8 Å². The summed E-state index contributed by atoms with van der Waals surface area (Å²) in [6, 6.07) is 0.223. The van der Waals surface area contributed by atoms with Gasteiger partial charge in [-0.3, -0.25) is 25.0 Å². The molecule has 0 bridgehead atoms. The van der Waals surface area contributed by atoms with Crippen LogP contribution in [0.5, 0.6) is 0 Å². The van der Waals surface area contributed by atoms with Crippen LogP contribution in [-0.4, -0.2) is 45.4 Å². The topological polar surface area (TPSA) is 143 Å². The summed E-state index contributed by atoms with van der Waals surface area (Å²) in [5, 5.41) is 21.9. The SMILES string of the molecule is CC1C(=O)NC(=O)CN1c1cc(C(=O)O)c([N+](=O)[O-])cn1. The fraction of sp³-hybridized carbons (Fsp3) is 0.273. The van der Waals surface area contributed by atoms with E-state index < -0.39 is 40.0 Å². The number of rotatable bonds is 3. The highest BCUT2D eigenvalue weighted by Crippen LogP contribution is 2.24. The van der Waals surface area contributed by atoms with Gasteiger partial charge in [-0.1, -0.05) is 0 Å². The van der Waals surface area contributed by atoms with Crippen molar-refractivity contribution < 1.29 is 24.4 Å². The molecule has 1 aromatic heterocycles. The highest BCUT2D eigenvalue weighted by Gasteiger charge is 2.32. The van der Waals surface area contributed by atoms with E-state index in [9.17, 15) is 24.5 Å². The molecule has 0 aromatic carbocycles. The van der Waals surface area contributed by atoms with Gasteiger partial charge in [-0.15, -0.1) is 0 Å². The summed E-state index contributed by atoms with van der Waals surface area (Å²) in [5.41, 5.74) is -1.22. The third-order valence-electron chi connectivity index (χ3n) is 3.01. The van der Waals surface area contributed by atoms with Crippen molar-refractivity contribution in [2.45, 2.75) is 13.0 Å². The maximum atomic E-state index is 11.6. The van der Waals surface area contributed by atoms with E-state index in [1.54, 1.807) is 0 Å². The van der Waals surface area contributed by atoms with Gasteiger partial charge in [0.2, 0.25) is 11.8 Å². The fourth-order valence-corrected chi connectivity index (χ4v) is 1.90. The van der Waals surface area contributed by atoms with Crippen molar-refractivity contribution in [1.29, 1.82) is 0 Å². The molecule has 10 heteroatoms. The minimum absolute atomic E-state index is 0.00806. The van der Waals surface area contributed by atoms with E-state index in [2.05, 4.69) is 10.3 Å². The first-order valence-corrected chi connectivity index (χ1v) is 5.79. The molecule has 2 N–H and O–H groups in total. The Balaban J connectivity index is 2.47. The monoisotopic (exact) mass is 294 g/mol. The van der Waals surface area contributed by atoms with Gasteiger partial charge in [0.25, 0.3) is 0 Å². The normalized spacial score (nSPS) is 18.3. The number of nitrogens with zero attached hydrogens (tertiary/aromatic N) is 3. The van der Waals surface area contributed by atoms with Gasteiger partial charge in [0, 0.05) is 6.07 Å². The van der Waals surface area contributed by atoms with Crippen LogP contribution in [0.1, 0.15) is 17.3 Å². The molecule has 0 spiro atoms. The van der Waals surface area contributed by atoms with Gasteiger partial charge >= 0.3 is 11.7 Å². The molecule has 1 aliphatic heterocycles. The van der Waals surface area contributed by atoms with Crippen LogP contribution < -0.4 is 10.2 Å². The number of carbonyl (C=O) groups is 3. The molecule has 21 heavy (non-hydrogen) atoms. The van der Waals surface area contributed by atoms with Crippen LogP contribution in [0.25, 0.3) is 0 Å². The number of carboxylic acid groups (broad SMARTS) is 1. The summed E-state index contributed by atoms with van der Waals surface area (Å²) in [7, 11) is 0. The van der Waals surface area contributed by atoms with Crippen LogP contribution in [-0.2, 0) is 9.59 Å². The van der Waals surface area contributed by atoms with Gasteiger partial charge in [-0.25, -0.2) is 9.78 Å². The molecule has 0 saturated carbocycles. The number of nitrogens with one attached hydrogen (secondary N) is 1.